The first-order valence-corrected chi connectivity index (χ1v) is 6.00. The van der Waals surface area contributed by atoms with Crippen LogP contribution < -0.4 is 5.73 Å². The lowest BCUT2D eigenvalue weighted by Crippen LogP contribution is -2.48. The molecule has 0 aromatic rings. The first kappa shape index (κ1) is 14.3. The molecule has 0 bridgehead atoms. The van der Waals surface area contributed by atoms with Gasteiger partial charge in [0.25, 0.3) is 0 Å². The van der Waals surface area contributed by atoms with Crippen LogP contribution in [0.5, 0.6) is 0 Å². The molecular formula is C11H19F3N2O. The number of piperidine rings is 1. The van der Waals surface area contributed by atoms with Gasteiger partial charge in [-0.3, -0.25) is 9.69 Å². The summed E-state index contributed by atoms with van der Waals surface area (Å²) in [6.07, 6.45) is -1.07. The topological polar surface area (TPSA) is 46.3 Å². The van der Waals surface area contributed by atoms with Gasteiger partial charge in [0.1, 0.15) is 6.04 Å². The molecule has 1 aliphatic heterocycles. The van der Waals surface area contributed by atoms with E-state index in [4.69, 9.17) is 5.73 Å². The third-order valence-corrected chi connectivity index (χ3v) is 3.11. The van der Waals surface area contributed by atoms with Gasteiger partial charge in [0, 0.05) is 6.42 Å². The largest absolute Gasteiger partial charge is 0.404 e. The molecule has 0 unspecified atom stereocenters. The summed E-state index contributed by atoms with van der Waals surface area (Å²) >= 11 is 0. The van der Waals surface area contributed by atoms with Crippen LogP contribution in [0.15, 0.2) is 0 Å². The molecule has 1 atom stereocenters. The SMILES string of the molecule is NC(=O)CCCCN1CCCC[C@H]1C(F)(F)F. The van der Waals surface area contributed by atoms with E-state index in [1.54, 1.807) is 0 Å². The van der Waals surface area contributed by atoms with E-state index < -0.39 is 18.1 Å². The number of hydrogen-bond acceptors (Lipinski definition) is 2. The second kappa shape index (κ2) is 6.23. The van der Waals surface area contributed by atoms with Crippen LogP contribution in [0.4, 0.5) is 13.2 Å². The number of nitrogens with two attached hydrogens (primary N) is 1. The smallest absolute Gasteiger partial charge is 0.370 e. The molecule has 6 heteroatoms. The maximum Gasteiger partial charge on any atom is 0.404 e. The van der Waals surface area contributed by atoms with Gasteiger partial charge in [-0.15, -0.1) is 0 Å². The van der Waals surface area contributed by atoms with E-state index in [1.807, 2.05) is 0 Å². The standard InChI is InChI=1S/C11H19F3N2O/c12-11(13,14)9-5-1-3-7-16(9)8-4-2-6-10(15)17/h9H,1-8H2,(H2,15,17)/t9-/m0/s1. The van der Waals surface area contributed by atoms with Gasteiger partial charge in [-0.05, 0) is 38.8 Å². The Kier molecular flexibility index (Phi) is 5.24. The highest BCUT2D eigenvalue weighted by Crippen LogP contribution is 2.31. The van der Waals surface area contributed by atoms with E-state index >= 15 is 0 Å². The normalized spacial score (nSPS) is 22.6. The molecule has 100 valence electrons. The minimum absolute atomic E-state index is 0.194. The first-order valence-electron chi connectivity index (χ1n) is 6.00. The number of alkyl halides is 3. The molecule has 0 spiro atoms. The number of hydrogen-bond donors (Lipinski definition) is 1. The lowest BCUT2D eigenvalue weighted by molar-refractivity contribution is -0.191. The van der Waals surface area contributed by atoms with Gasteiger partial charge in [-0.2, -0.15) is 13.2 Å². The number of nitrogens with zero attached hydrogens (tertiary/aromatic N) is 1. The van der Waals surface area contributed by atoms with Crippen LogP contribution in [0, 0.1) is 0 Å². The summed E-state index contributed by atoms with van der Waals surface area (Å²) in [6.45, 7) is 0.901. The van der Waals surface area contributed by atoms with Crippen molar-refractivity contribution in [1.82, 2.24) is 4.90 Å². The molecule has 1 amide bonds. The number of halogens is 3. The minimum Gasteiger partial charge on any atom is -0.370 e. The van der Waals surface area contributed by atoms with Gasteiger partial charge in [-0.1, -0.05) is 6.42 Å². The minimum atomic E-state index is -4.13. The molecule has 2 N–H and O–H groups in total. The van der Waals surface area contributed by atoms with Crippen molar-refractivity contribution in [2.24, 2.45) is 5.73 Å². The number of carbonyl (C=O) groups excluding carboxylic acids is 1. The van der Waals surface area contributed by atoms with Gasteiger partial charge in [0.15, 0.2) is 0 Å². The summed E-state index contributed by atoms with van der Waals surface area (Å²) in [5, 5.41) is 0. The Morgan fingerprint density at radius 1 is 1.29 bits per heavy atom. The van der Waals surface area contributed by atoms with Crippen LogP contribution in [-0.2, 0) is 4.79 Å². The van der Waals surface area contributed by atoms with Crippen molar-refractivity contribution < 1.29 is 18.0 Å². The maximum absolute atomic E-state index is 12.7. The highest BCUT2D eigenvalue weighted by molar-refractivity contribution is 5.73. The Morgan fingerprint density at radius 3 is 2.59 bits per heavy atom. The highest BCUT2D eigenvalue weighted by atomic mass is 19.4. The summed E-state index contributed by atoms with van der Waals surface area (Å²) in [6, 6.07) is -1.30. The lowest BCUT2D eigenvalue weighted by Gasteiger charge is -2.36. The Hall–Kier alpha value is -0.780. The Bertz CT molecular complexity index is 256. The van der Waals surface area contributed by atoms with Crippen LogP contribution >= 0.6 is 0 Å². The summed E-state index contributed by atoms with van der Waals surface area (Å²) in [7, 11) is 0. The number of primary amides is 1. The highest BCUT2D eigenvalue weighted by Gasteiger charge is 2.43. The number of likely N-dealkylation sites (tertiary alicyclic amines) is 1. The van der Waals surface area contributed by atoms with E-state index in [2.05, 4.69) is 0 Å². The van der Waals surface area contributed by atoms with E-state index in [0.29, 0.717) is 32.4 Å². The number of rotatable bonds is 5. The van der Waals surface area contributed by atoms with Gasteiger partial charge in [0.05, 0.1) is 0 Å². The van der Waals surface area contributed by atoms with Gasteiger partial charge in [0.2, 0.25) is 5.91 Å². The molecule has 0 aliphatic carbocycles. The molecule has 1 rings (SSSR count). The zero-order valence-electron chi connectivity index (χ0n) is 9.80. The first-order chi connectivity index (χ1) is 7.91. The van der Waals surface area contributed by atoms with Crippen molar-refractivity contribution in [1.29, 1.82) is 0 Å². The fraction of sp³-hybridized carbons (Fsp3) is 0.909. The summed E-state index contributed by atoms with van der Waals surface area (Å²) < 4.78 is 38.1. The summed E-state index contributed by atoms with van der Waals surface area (Å²) in [5.41, 5.74) is 4.98. The average Bonchev–Trinajstić information content (AvgIpc) is 2.23. The van der Waals surface area contributed by atoms with Crippen molar-refractivity contribution in [3.8, 4) is 0 Å². The van der Waals surface area contributed by atoms with Crippen LogP contribution in [0.3, 0.4) is 0 Å². The molecular weight excluding hydrogens is 233 g/mol. The second-order valence-electron chi connectivity index (χ2n) is 4.51. The molecule has 17 heavy (non-hydrogen) atoms. The van der Waals surface area contributed by atoms with E-state index in [9.17, 15) is 18.0 Å². The third-order valence-electron chi connectivity index (χ3n) is 3.11. The molecule has 0 saturated carbocycles. The van der Waals surface area contributed by atoms with E-state index in [-0.39, 0.29) is 12.8 Å². The van der Waals surface area contributed by atoms with Gasteiger partial charge >= 0.3 is 6.18 Å². The molecule has 1 fully saturated rings. The lowest BCUT2D eigenvalue weighted by atomic mass is 10.0. The molecule has 0 aromatic carbocycles. The van der Waals surface area contributed by atoms with Crippen molar-refractivity contribution in [3.63, 3.8) is 0 Å². The summed E-state index contributed by atoms with van der Waals surface area (Å²) in [4.78, 5) is 12.0. The van der Waals surface area contributed by atoms with Crippen LogP contribution in [-0.4, -0.2) is 36.1 Å². The monoisotopic (exact) mass is 252 g/mol. The Morgan fingerprint density at radius 2 is 2.00 bits per heavy atom. The van der Waals surface area contributed by atoms with Crippen LogP contribution in [0.1, 0.15) is 38.5 Å². The molecule has 1 heterocycles. The average molecular weight is 252 g/mol. The Labute approximate surface area is 99.1 Å². The van der Waals surface area contributed by atoms with Gasteiger partial charge in [-0.25, -0.2) is 0 Å². The van der Waals surface area contributed by atoms with Gasteiger partial charge < -0.3 is 5.73 Å². The van der Waals surface area contributed by atoms with Crippen LogP contribution in [0.25, 0.3) is 0 Å². The number of unbranched alkanes of at least 4 members (excludes halogenated alkanes) is 1. The van der Waals surface area contributed by atoms with Crippen molar-refractivity contribution in [3.05, 3.63) is 0 Å². The molecule has 1 saturated heterocycles. The molecule has 1 aliphatic rings. The van der Waals surface area contributed by atoms with Crippen molar-refractivity contribution in [2.75, 3.05) is 13.1 Å². The predicted octanol–water partition coefficient (Wildman–Crippen LogP) is 2.06. The predicted molar refractivity (Wildman–Crippen MR) is 58.3 cm³/mol. The zero-order valence-corrected chi connectivity index (χ0v) is 9.80. The fourth-order valence-corrected chi connectivity index (χ4v) is 2.24. The van der Waals surface area contributed by atoms with Crippen molar-refractivity contribution >= 4 is 5.91 Å². The second-order valence-corrected chi connectivity index (χ2v) is 4.51. The fourth-order valence-electron chi connectivity index (χ4n) is 2.24. The number of amides is 1. The van der Waals surface area contributed by atoms with E-state index in [0.717, 1.165) is 6.42 Å². The number of carbonyl (C=O) groups is 1. The zero-order chi connectivity index (χ0) is 12.9. The molecule has 0 aromatic heterocycles. The third kappa shape index (κ3) is 4.93. The molecule has 0 radical (unpaired) electrons. The maximum atomic E-state index is 12.7. The van der Waals surface area contributed by atoms with Crippen LogP contribution in [0.2, 0.25) is 0 Å². The molecule has 3 nitrogen and oxygen atoms in total. The Balaban J connectivity index is 2.35. The van der Waals surface area contributed by atoms with E-state index in [1.165, 1.54) is 4.90 Å². The summed E-state index contributed by atoms with van der Waals surface area (Å²) in [5.74, 6) is -0.393. The van der Waals surface area contributed by atoms with Crippen molar-refractivity contribution in [2.45, 2.75) is 50.7 Å². The quantitative estimate of drug-likeness (QED) is 0.761.